The van der Waals surface area contributed by atoms with E-state index in [1.807, 2.05) is 13.8 Å². The zero-order valence-electron chi connectivity index (χ0n) is 9.91. The fraction of sp³-hybridized carbons (Fsp3) is 0.500. The van der Waals surface area contributed by atoms with Gasteiger partial charge in [-0.1, -0.05) is 13.8 Å². The fourth-order valence-corrected chi connectivity index (χ4v) is 2.39. The monoisotopic (exact) mass is 261 g/mol. The molecule has 0 saturated carbocycles. The maximum atomic E-state index is 13.3. The van der Waals surface area contributed by atoms with Crippen molar-refractivity contribution in [2.24, 2.45) is 0 Å². The number of benzene rings is 1. The van der Waals surface area contributed by atoms with E-state index >= 15 is 0 Å². The summed E-state index contributed by atoms with van der Waals surface area (Å²) in [5, 5.41) is 12.3. The van der Waals surface area contributed by atoms with Crippen molar-refractivity contribution < 1.29 is 13.9 Å². The van der Waals surface area contributed by atoms with E-state index in [4.69, 9.17) is 5.11 Å². The van der Waals surface area contributed by atoms with E-state index in [2.05, 4.69) is 5.32 Å². The third-order valence-corrected chi connectivity index (χ3v) is 3.32. The molecule has 0 heterocycles. The number of hydrogen-bond donors (Lipinski definition) is 2. The normalized spacial score (nSPS) is 13.1. The van der Waals surface area contributed by atoms with Crippen molar-refractivity contribution in [1.29, 1.82) is 0 Å². The van der Waals surface area contributed by atoms with E-state index in [1.165, 1.54) is 17.8 Å². The second-order valence-corrected chi connectivity index (χ2v) is 5.15. The summed E-state index contributed by atoms with van der Waals surface area (Å²) in [7, 11) is 0. The Morgan fingerprint density at radius 3 is 2.65 bits per heavy atom. The third kappa shape index (κ3) is 5.02. The molecule has 5 heteroatoms. The van der Waals surface area contributed by atoms with Crippen LogP contribution in [0.4, 0.5) is 8.78 Å². The average molecular weight is 261 g/mol. The first-order valence-corrected chi connectivity index (χ1v) is 6.46. The Labute approximate surface area is 104 Å². The number of nitrogens with one attached hydrogen (secondary N) is 1. The highest BCUT2D eigenvalue weighted by atomic mass is 32.2. The van der Waals surface area contributed by atoms with E-state index in [0.717, 1.165) is 12.1 Å². The maximum Gasteiger partial charge on any atom is 0.136 e. The molecule has 0 fully saturated rings. The van der Waals surface area contributed by atoms with Crippen LogP contribution in [0.1, 0.15) is 13.8 Å². The molecule has 0 aliphatic rings. The molecule has 0 amide bonds. The number of thioether (sulfide) groups is 1. The van der Waals surface area contributed by atoms with E-state index in [-0.39, 0.29) is 23.6 Å². The fourth-order valence-electron chi connectivity index (χ4n) is 1.40. The number of aliphatic hydroxyl groups is 1. The molecular weight excluding hydrogens is 244 g/mol. The van der Waals surface area contributed by atoms with Crippen LogP contribution in [0.15, 0.2) is 23.1 Å². The van der Waals surface area contributed by atoms with Gasteiger partial charge in [0.05, 0.1) is 6.61 Å². The maximum absolute atomic E-state index is 13.3. The molecule has 0 aromatic heterocycles. The van der Waals surface area contributed by atoms with E-state index in [1.54, 1.807) is 0 Å². The molecule has 0 aliphatic carbocycles. The van der Waals surface area contributed by atoms with E-state index in [9.17, 15) is 8.78 Å². The highest BCUT2D eigenvalue weighted by Crippen LogP contribution is 2.23. The highest BCUT2D eigenvalue weighted by molar-refractivity contribution is 7.99. The second kappa shape index (κ2) is 6.93. The average Bonchev–Trinajstić information content (AvgIpc) is 2.28. The SMILES string of the molecule is CC(C)NC(CO)CSc1cc(F)ccc1F. The molecule has 1 atom stereocenters. The van der Waals surface area contributed by atoms with Gasteiger partial charge in [-0.2, -0.15) is 0 Å². The minimum Gasteiger partial charge on any atom is -0.395 e. The van der Waals surface area contributed by atoms with Crippen LogP contribution in [0, 0.1) is 11.6 Å². The Morgan fingerprint density at radius 2 is 2.06 bits per heavy atom. The first kappa shape index (κ1) is 14.4. The Morgan fingerprint density at radius 1 is 1.35 bits per heavy atom. The predicted molar refractivity (Wildman–Crippen MR) is 66.2 cm³/mol. The van der Waals surface area contributed by atoms with Crippen LogP contribution in [-0.2, 0) is 0 Å². The minimum atomic E-state index is -0.453. The Bertz CT molecular complexity index is 360. The van der Waals surface area contributed by atoms with Gasteiger partial charge in [0.1, 0.15) is 11.6 Å². The molecule has 2 nitrogen and oxygen atoms in total. The lowest BCUT2D eigenvalue weighted by Gasteiger charge is -2.18. The van der Waals surface area contributed by atoms with Crippen LogP contribution in [0.2, 0.25) is 0 Å². The second-order valence-electron chi connectivity index (χ2n) is 4.09. The van der Waals surface area contributed by atoms with Crippen LogP contribution >= 0.6 is 11.8 Å². The van der Waals surface area contributed by atoms with Crippen LogP contribution in [0.25, 0.3) is 0 Å². The molecule has 1 rings (SSSR count). The summed E-state index contributed by atoms with van der Waals surface area (Å²) in [5.41, 5.74) is 0. The lowest BCUT2D eigenvalue weighted by atomic mass is 10.3. The van der Waals surface area contributed by atoms with Crippen molar-refractivity contribution in [3.8, 4) is 0 Å². The van der Waals surface area contributed by atoms with Crippen molar-refractivity contribution in [2.75, 3.05) is 12.4 Å². The minimum absolute atomic E-state index is 0.0257. The van der Waals surface area contributed by atoms with Crippen molar-refractivity contribution >= 4 is 11.8 Å². The Hall–Kier alpha value is -0.650. The van der Waals surface area contributed by atoms with Gasteiger partial charge in [0.25, 0.3) is 0 Å². The summed E-state index contributed by atoms with van der Waals surface area (Å²) in [4.78, 5) is 0.272. The molecule has 2 N–H and O–H groups in total. The zero-order valence-corrected chi connectivity index (χ0v) is 10.7. The first-order valence-electron chi connectivity index (χ1n) is 5.47. The number of hydrogen-bond acceptors (Lipinski definition) is 3. The highest BCUT2D eigenvalue weighted by Gasteiger charge is 2.11. The van der Waals surface area contributed by atoms with Crippen LogP contribution < -0.4 is 5.32 Å². The molecule has 17 heavy (non-hydrogen) atoms. The predicted octanol–water partition coefficient (Wildman–Crippen LogP) is 2.42. The third-order valence-electron chi connectivity index (χ3n) is 2.12. The van der Waals surface area contributed by atoms with Gasteiger partial charge in [-0.25, -0.2) is 8.78 Å². The molecule has 0 aliphatic heterocycles. The van der Waals surface area contributed by atoms with Crippen LogP contribution in [0.5, 0.6) is 0 Å². The molecule has 96 valence electrons. The van der Waals surface area contributed by atoms with Crippen molar-refractivity contribution in [1.82, 2.24) is 5.32 Å². The van der Waals surface area contributed by atoms with Gasteiger partial charge in [-0.05, 0) is 18.2 Å². The van der Waals surface area contributed by atoms with Crippen molar-refractivity contribution in [2.45, 2.75) is 30.8 Å². The quantitative estimate of drug-likeness (QED) is 0.771. The number of aliphatic hydroxyl groups excluding tert-OH is 1. The van der Waals surface area contributed by atoms with Crippen LogP contribution in [0.3, 0.4) is 0 Å². The summed E-state index contributed by atoms with van der Waals surface area (Å²) in [6.07, 6.45) is 0. The smallest absolute Gasteiger partial charge is 0.136 e. The Kier molecular flexibility index (Phi) is 5.88. The lowest BCUT2D eigenvalue weighted by molar-refractivity contribution is 0.247. The summed E-state index contributed by atoms with van der Waals surface area (Å²) in [5.74, 6) is -0.390. The molecule has 0 radical (unpaired) electrons. The van der Waals surface area contributed by atoms with E-state index in [0.29, 0.717) is 5.75 Å². The van der Waals surface area contributed by atoms with Gasteiger partial charge in [0.15, 0.2) is 0 Å². The lowest BCUT2D eigenvalue weighted by Crippen LogP contribution is -2.39. The van der Waals surface area contributed by atoms with Gasteiger partial charge in [-0.15, -0.1) is 11.8 Å². The molecule has 1 aromatic carbocycles. The summed E-state index contributed by atoms with van der Waals surface area (Å²) in [6.45, 7) is 3.91. The molecule has 0 spiro atoms. The van der Waals surface area contributed by atoms with Crippen molar-refractivity contribution in [3.05, 3.63) is 29.8 Å². The topological polar surface area (TPSA) is 32.3 Å². The van der Waals surface area contributed by atoms with Gasteiger partial charge < -0.3 is 10.4 Å². The molecule has 0 bridgehead atoms. The standard InChI is InChI=1S/C12H17F2NOS/c1-8(2)15-10(6-16)7-17-12-5-9(13)3-4-11(12)14/h3-5,8,10,15-16H,6-7H2,1-2H3. The van der Waals surface area contributed by atoms with Crippen molar-refractivity contribution in [3.63, 3.8) is 0 Å². The number of rotatable bonds is 6. The summed E-state index contributed by atoms with van der Waals surface area (Å²) < 4.78 is 26.2. The van der Waals surface area contributed by atoms with Gasteiger partial charge in [0.2, 0.25) is 0 Å². The first-order chi connectivity index (χ1) is 8.02. The number of halogens is 2. The molecular formula is C12H17F2NOS. The van der Waals surface area contributed by atoms with Gasteiger partial charge >= 0.3 is 0 Å². The van der Waals surface area contributed by atoms with Gasteiger partial charge in [-0.3, -0.25) is 0 Å². The zero-order chi connectivity index (χ0) is 12.8. The Balaban J connectivity index is 2.56. The summed E-state index contributed by atoms with van der Waals surface area (Å²) >= 11 is 1.20. The molecule has 0 saturated heterocycles. The molecule has 1 unspecified atom stereocenters. The largest absolute Gasteiger partial charge is 0.395 e. The molecule has 1 aromatic rings. The summed E-state index contributed by atoms with van der Waals surface area (Å²) in [6, 6.07) is 3.49. The van der Waals surface area contributed by atoms with Crippen LogP contribution in [-0.4, -0.2) is 29.5 Å². The van der Waals surface area contributed by atoms with Gasteiger partial charge in [0, 0.05) is 22.7 Å². The van der Waals surface area contributed by atoms with E-state index < -0.39 is 11.6 Å².